The molecule has 1 heteroatoms. The van der Waals surface area contributed by atoms with Gasteiger partial charge in [0, 0.05) is 0 Å². The van der Waals surface area contributed by atoms with E-state index < -0.39 is 0 Å². The van der Waals surface area contributed by atoms with Crippen molar-refractivity contribution in [2.24, 2.45) is 0 Å². The molecule has 0 saturated carbocycles. The van der Waals surface area contributed by atoms with E-state index in [4.69, 9.17) is 5.26 Å². The van der Waals surface area contributed by atoms with Crippen molar-refractivity contribution in [2.75, 3.05) is 0 Å². The highest BCUT2D eigenvalue weighted by Crippen LogP contribution is 2.24. The second-order valence-electron chi connectivity index (χ2n) is 4.73. The molecule has 0 atom stereocenters. The van der Waals surface area contributed by atoms with Gasteiger partial charge in [0.1, 0.15) is 0 Å². The van der Waals surface area contributed by atoms with Crippen LogP contribution in [0, 0.1) is 18.3 Å². The Labute approximate surface area is 86.4 Å². The van der Waals surface area contributed by atoms with Gasteiger partial charge >= 0.3 is 0 Å². The Balaban J connectivity index is 3.08. The summed E-state index contributed by atoms with van der Waals surface area (Å²) in [6.07, 6.45) is 0.510. The smallest absolute Gasteiger partial charge is 0.0669 e. The summed E-state index contributed by atoms with van der Waals surface area (Å²) in [7, 11) is 0. The van der Waals surface area contributed by atoms with Crippen molar-refractivity contribution >= 4 is 0 Å². The van der Waals surface area contributed by atoms with Crippen LogP contribution in [-0.4, -0.2) is 0 Å². The Kier molecular flexibility index (Phi) is 2.96. The Bertz CT molecular complexity index is 364. The highest BCUT2D eigenvalue weighted by Gasteiger charge is 2.13. The zero-order chi connectivity index (χ0) is 10.8. The van der Waals surface area contributed by atoms with E-state index in [9.17, 15) is 0 Å². The predicted octanol–water partition coefficient (Wildman–Crippen LogP) is 3.36. The van der Waals surface area contributed by atoms with Crippen molar-refractivity contribution < 1.29 is 0 Å². The van der Waals surface area contributed by atoms with Crippen LogP contribution in [0.3, 0.4) is 0 Å². The van der Waals surface area contributed by atoms with E-state index in [0.717, 1.165) is 5.56 Å². The highest BCUT2D eigenvalue weighted by molar-refractivity contribution is 5.35. The predicted molar refractivity (Wildman–Crippen MR) is 59.2 cm³/mol. The van der Waals surface area contributed by atoms with Crippen molar-refractivity contribution in [3.05, 3.63) is 34.9 Å². The summed E-state index contributed by atoms with van der Waals surface area (Å²) in [5, 5.41) is 8.62. The maximum Gasteiger partial charge on any atom is 0.0669 e. The lowest BCUT2D eigenvalue weighted by Crippen LogP contribution is -2.11. The van der Waals surface area contributed by atoms with Crippen LogP contribution in [0.4, 0.5) is 0 Å². The van der Waals surface area contributed by atoms with Gasteiger partial charge in [-0.05, 0) is 29.0 Å². The molecule has 0 aliphatic carbocycles. The van der Waals surface area contributed by atoms with Gasteiger partial charge < -0.3 is 0 Å². The third-order valence-electron chi connectivity index (χ3n) is 2.48. The molecule has 0 unspecified atom stereocenters. The zero-order valence-corrected chi connectivity index (χ0v) is 9.39. The molecule has 1 rings (SSSR count). The Morgan fingerprint density at radius 3 is 2.36 bits per heavy atom. The van der Waals surface area contributed by atoms with Crippen molar-refractivity contribution in [1.29, 1.82) is 5.26 Å². The molecule has 0 radical (unpaired) electrons. The van der Waals surface area contributed by atoms with Crippen molar-refractivity contribution in [1.82, 2.24) is 0 Å². The second-order valence-corrected chi connectivity index (χ2v) is 4.73. The summed E-state index contributed by atoms with van der Waals surface area (Å²) in [6.45, 7) is 8.67. The molecule has 0 aromatic heterocycles. The van der Waals surface area contributed by atoms with E-state index in [-0.39, 0.29) is 5.41 Å². The molecule has 0 aliphatic rings. The number of aryl methyl sites for hydroxylation is 1. The van der Waals surface area contributed by atoms with Gasteiger partial charge in [0.15, 0.2) is 0 Å². The third kappa shape index (κ3) is 2.35. The fourth-order valence-electron chi connectivity index (χ4n) is 1.45. The van der Waals surface area contributed by atoms with Crippen molar-refractivity contribution in [3.63, 3.8) is 0 Å². The average Bonchev–Trinajstić information content (AvgIpc) is 2.07. The molecule has 0 aliphatic heterocycles. The Hall–Kier alpha value is -1.29. The number of rotatable bonds is 1. The van der Waals surface area contributed by atoms with Gasteiger partial charge in [-0.15, -0.1) is 0 Å². The van der Waals surface area contributed by atoms with E-state index in [0.29, 0.717) is 6.42 Å². The first-order valence-corrected chi connectivity index (χ1v) is 4.92. The van der Waals surface area contributed by atoms with Gasteiger partial charge in [0.05, 0.1) is 12.5 Å². The van der Waals surface area contributed by atoms with E-state index in [1.54, 1.807) is 0 Å². The van der Waals surface area contributed by atoms with Gasteiger partial charge in [0.2, 0.25) is 0 Å². The molecule has 14 heavy (non-hydrogen) atoms. The van der Waals surface area contributed by atoms with E-state index in [2.05, 4.69) is 52.0 Å². The monoisotopic (exact) mass is 187 g/mol. The molecular weight excluding hydrogens is 170 g/mol. The van der Waals surface area contributed by atoms with Crippen LogP contribution in [0.1, 0.15) is 37.5 Å². The lowest BCUT2D eigenvalue weighted by atomic mass is 9.85. The normalized spacial score (nSPS) is 11.1. The van der Waals surface area contributed by atoms with Crippen LogP contribution in [0.2, 0.25) is 0 Å². The number of nitriles is 1. The minimum absolute atomic E-state index is 0.190. The second kappa shape index (κ2) is 3.84. The molecule has 1 aromatic rings. The molecule has 0 bridgehead atoms. The molecular formula is C13H17N. The van der Waals surface area contributed by atoms with Gasteiger partial charge in [-0.3, -0.25) is 0 Å². The van der Waals surface area contributed by atoms with Crippen LogP contribution < -0.4 is 0 Å². The summed E-state index contributed by atoms with van der Waals surface area (Å²) in [6, 6.07) is 8.56. The largest absolute Gasteiger partial charge is 0.198 e. The first kappa shape index (κ1) is 10.8. The number of hydrogen-bond donors (Lipinski definition) is 0. The Morgan fingerprint density at radius 1 is 1.29 bits per heavy atom. The van der Waals surface area contributed by atoms with Crippen LogP contribution in [0.5, 0.6) is 0 Å². The van der Waals surface area contributed by atoms with E-state index in [1.807, 2.05) is 0 Å². The van der Waals surface area contributed by atoms with Gasteiger partial charge in [0.25, 0.3) is 0 Å². The minimum atomic E-state index is 0.190. The zero-order valence-electron chi connectivity index (χ0n) is 9.39. The van der Waals surface area contributed by atoms with Gasteiger partial charge in [-0.25, -0.2) is 0 Å². The number of nitrogens with zero attached hydrogens (tertiary/aromatic N) is 1. The fraction of sp³-hybridized carbons (Fsp3) is 0.462. The molecule has 1 nitrogen and oxygen atoms in total. The van der Waals surface area contributed by atoms with Crippen LogP contribution in [0.15, 0.2) is 18.2 Å². The summed E-state index contributed by atoms with van der Waals surface area (Å²) >= 11 is 0. The molecule has 74 valence electrons. The van der Waals surface area contributed by atoms with Crippen LogP contribution in [-0.2, 0) is 11.8 Å². The van der Waals surface area contributed by atoms with Gasteiger partial charge in [-0.2, -0.15) is 5.26 Å². The number of hydrogen-bond acceptors (Lipinski definition) is 1. The lowest BCUT2D eigenvalue weighted by Gasteiger charge is -2.20. The van der Waals surface area contributed by atoms with Crippen LogP contribution >= 0.6 is 0 Å². The molecule has 0 saturated heterocycles. The fourth-order valence-corrected chi connectivity index (χ4v) is 1.45. The molecule has 0 fully saturated rings. The highest BCUT2D eigenvalue weighted by atomic mass is 14.2. The summed E-state index contributed by atoms with van der Waals surface area (Å²) in [5.41, 5.74) is 3.88. The molecule has 0 heterocycles. The van der Waals surface area contributed by atoms with Crippen LogP contribution in [0.25, 0.3) is 0 Å². The first-order valence-electron chi connectivity index (χ1n) is 4.92. The van der Waals surface area contributed by atoms with Crippen molar-refractivity contribution in [3.8, 4) is 6.07 Å². The SMILES string of the molecule is Cc1cc(C(C)(C)C)ccc1CC#N. The molecule has 0 amide bonds. The standard InChI is InChI=1S/C13H17N/c1-10-9-12(13(2,3)4)6-5-11(10)7-8-14/h5-6,9H,7H2,1-4H3. The molecule has 0 spiro atoms. The number of benzene rings is 1. The minimum Gasteiger partial charge on any atom is -0.198 e. The van der Waals surface area contributed by atoms with Crippen molar-refractivity contribution in [2.45, 2.75) is 39.5 Å². The first-order chi connectivity index (χ1) is 6.45. The van der Waals surface area contributed by atoms with Gasteiger partial charge in [-0.1, -0.05) is 39.0 Å². The van der Waals surface area contributed by atoms with E-state index in [1.165, 1.54) is 11.1 Å². The summed E-state index contributed by atoms with van der Waals surface area (Å²) < 4.78 is 0. The average molecular weight is 187 g/mol. The third-order valence-corrected chi connectivity index (χ3v) is 2.48. The lowest BCUT2D eigenvalue weighted by molar-refractivity contribution is 0.589. The maximum absolute atomic E-state index is 8.62. The summed E-state index contributed by atoms with van der Waals surface area (Å²) in [4.78, 5) is 0. The topological polar surface area (TPSA) is 23.8 Å². The maximum atomic E-state index is 8.62. The Morgan fingerprint density at radius 2 is 1.93 bits per heavy atom. The molecule has 1 aromatic carbocycles. The summed E-state index contributed by atoms with van der Waals surface area (Å²) in [5.74, 6) is 0. The molecule has 0 N–H and O–H groups in total. The quantitative estimate of drug-likeness (QED) is 0.661. The van der Waals surface area contributed by atoms with E-state index >= 15 is 0 Å².